The van der Waals surface area contributed by atoms with E-state index in [2.05, 4.69) is 34.9 Å². The van der Waals surface area contributed by atoms with Gasteiger partial charge in [0.2, 0.25) is 5.91 Å². The zero-order chi connectivity index (χ0) is 21.2. The summed E-state index contributed by atoms with van der Waals surface area (Å²) in [4.78, 5) is 25.9. The second kappa shape index (κ2) is 11.4. The van der Waals surface area contributed by atoms with Crippen molar-refractivity contribution in [2.24, 2.45) is 0 Å². The van der Waals surface area contributed by atoms with Crippen LogP contribution in [0.5, 0.6) is 5.75 Å². The van der Waals surface area contributed by atoms with Crippen LogP contribution >= 0.6 is 0 Å². The Labute approximate surface area is 178 Å². The second-order valence-electron chi connectivity index (χ2n) is 7.72. The van der Waals surface area contributed by atoms with Crippen molar-refractivity contribution in [2.75, 3.05) is 26.2 Å². The third kappa shape index (κ3) is 6.88. The molecule has 2 aromatic carbocycles. The first-order valence-electron chi connectivity index (χ1n) is 10.8. The molecule has 1 saturated heterocycles. The van der Waals surface area contributed by atoms with Crippen LogP contribution in [0.4, 0.5) is 0 Å². The van der Waals surface area contributed by atoms with Crippen LogP contribution in [0.15, 0.2) is 48.5 Å². The molecule has 1 fully saturated rings. The van der Waals surface area contributed by atoms with Gasteiger partial charge < -0.3 is 20.3 Å². The maximum Gasteiger partial charge on any atom is 0.251 e. The molecule has 0 spiro atoms. The van der Waals surface area contributed by atoms with Gasteiger partial charge in [-0.2, -0.15) is 0 Å². The molecule has 6 heteroatoms. The molecule has 2 amide bonds. The minimum Gasteiger partial charge on any atom is -0.494 e. The van der Waals surface area contributed by atoms with Crippen LogP contribution in [0.2, 0.25) is 0 Å². The number of hydrogen-bond acceptors (Lipinski definition) is 3. The monoisotopic (exact) mass is 410 g/mol. The molecule has 3 N–H and O–H groups in total. The quantitative estimate of drug-likeness (QED) is 0.589. The maximum atomic E-state index is 12.2. The number of benzene rings is 2. The Morgan fingerprint density at radius 1 is 0.900 bits per heavy atom. The number of rotatable bonds is 9. The number of amides is 2. The molecule has 6 nitrogen and oxygen atoms in total. The van der Waals surface area contributed by atoms with Gasteiger partial charge in [-0.25, -0.2) is 0 Å². The average molecular weight is 411 g/mol. The lowest BCUT2D eigenvalue weighted by Gasteiger charge is -2.23. The highest BCUT2D eigenvalue weighted by molar-refractivity contribution is 5.96. The van der Waals surface area contributed by atoms with Crippen molar-refractivity contribution in [2.45, 2.75) is 39.3 Å². The van der Waals surface area contributed by atoms with E-state index in [1.807, 2.05) is 6.92 Å². The fourth-order valence-electron chi connectivity index (χ4n) is 3.69. The minimum atomic E-state index is -0.280. The fraction of sp³-hybridized carbons (Fsp3) is 0.417. The zero-order valence-corrected chi connectivity index (χ0v) is 17.7. The van der Waals surface area contributed by atoms with E-state index >= 15 is 0 Å². The summed E-state index contributed by atoms with van der Waals surface area (Å²) in [6.45, 7) is 6.49. The van der Waals surface area contributed by atoms with Gasteiger partial charge in [-0.1, -0.05) is 24.3 Å². The summed E-state index contributed by atoms with van der Waals surface area (Å²) in [7, 11) is 0. The Morgan fingerprint density at radius 3 is 2.23 bits per heavy atom. The molecule has 30 heavy (non-hydrogen) atoms. The summed E-state index contributed by atoms with van der Waals surface area (Å²) in [5, 5.41) is 5.50. The van der Waals surface area contributed by atoms with Gasteiger partial charge in [0.15, 0.2) is 0 Å². The first-order chi connectivity index (χ1) is 14.6. The van der Waals surface area contributed by atoms with Gasteiger partial charge in [-0.3, -0.25) is 9.59 Å². The van der Waals surface area contributed by atoms with Crippen LogP contribution in [0, 0.1) is 0 Å². The van der Waals surface area contributed by atoms with E-state index in [-0.39, 0.29) is 18.4 Å². The summed E-state index contributed by atoms with van der Waals surface area (Å²) >= 11 is 0. The molecule has 3 rings (SSSR count). The number of quaternary nitrogens is 1. The first-order valence-corrected chi connectivity index (χ1v) is 10.8. The van der Waals surface area contributed by atoms with Crippen molar-refractivity contribution in [3.63, 3.8) is 0 Å². The van der Waals surface area contributed by atoms with E-state index in [9.17, 15) is 9.59 Å². The summed E-state index contributed by atoms with van der Waals surface area (Å²) in [5.74, 6) is 0.226. The van der Waals surface area contributed by atoms with Crippen LogP contribution in [0.1, 0.15) is 47.7 Å². The molecule has 160 valence electrons. The average Bonchev–Trinajstić information content (AvgIpc) is 2.78. The molecule has 0 bridgehead atoms. The molecule has 0 radical (unpaired) electrons. The number of likely N-dealkylation sites (tertiary alicyclic amines) is 1. The Kier molecular flexibility index (Phi) is 8.27. The molecule has 0 unspecified atom stereocenters. The lowest BCUT2D eigenvalue weighted by Crippen LogP contribution is -3.11. The molecule has 0 aromatic heterocycles. The van der Waals surface area contributed by atoms with Crippen LogP contribution in [0.3, 0.4) is 0 Å². The standard InChI is InChI=1S/C24H31N3O3/c1-2-30-22-12-10-21(11-13-22)24(29)26-17-23(28)25-16-19-6-8-20(9-7-19)18-27-14-4-3-5-15-27/h6-13H,2-5,14-18H2,1H3,(H,25,28)(H,26,29)/p+1. The van der Waals surface area contributed by atoms with Crippen LogP contribution in [-0.2, 0) is 17.9 Å². The lowest BCUT2D eigenvalue weighted by molar-refractivity contribution is -0.918. The van der Waals surface area contributed by atoms with Crippen molar-refractivity contribution in [3.05, 3.63) is 65.2 Å². The minimum absolute atomic E-state index is 0.0531. The molecule has 0 atom stereocenters. The molecule has 2 aromatic rings. The van der Waals surface area contributed by atoms with E-state index in [1.54, 1.807) is 29.2 Å². The number of hydrogen-bond donors (Lipinski definition) is 3. The van der Waals surface area contributed by atoms with Crippen LogP contribution in [-0.4, -0.2) is 38.1 Å². The Hall–Kier alpha value is -2.86. The number of carbonyl (C=O) groups is 2. The predicted molar refractivity (Wildman–Crippen MR) is 116 cm³/mol. The van der Waals surface area contributed by atoms with E-state index < -0.39 is 0 Å². The first kappa shape index (κ1) is 21.8. The van der Waals surface area contributed by atoms with Crippen LogP contribution < -0.4 is 20.3 Å². The SMILES string of the molecule is CCOc1ccc(C(=O)NCC(=O)NCc2ccc(C[NH+]3CCCCC3)cc2)cc1. The number of piperidine rings is 1. The highest BCUT2D eigenvalue weighted by Crippen LogP contribution is 2.11. The van der Waals surface area contributed by atoms with E-state index in [4.69, 9.17) is 4.74 Å². The Balaban J connectivity index is 1.38. The molecular formula is C24H32N3O3+. The van der Waals surface area contributed by atoms with Crippen molar-refractivity contribution in [3.8, 4) is 5.75 Å². The number of carbonyl (C=O) groups excluding carboxylic acids is 2. The van der Waals surface area contributed by atoms with Gasteiger partial charge in [-0.05, 0) is 56.0 Å². The topological polar surface area (TPSA) is 71.9 Å². The zero-order valence-electron chi connectivity index (χ0n) is 17.7. The van der Waals surface area contributed by atoms with Crippen molar-refractivity contribution >= 4 is 11.8 Å². The van der Waals surface area contributed by atoms with Gasteiger partial charge in [0.25, 0.3) is 5.91 Å². The van der Waals surface area contributed by atoms with E-state index in [0.717, 1.165) is 17.9 Å². The molecule has 0 saturated carbocycles. The number of nitrogens with one attached hydrogen (secondary N) is 3. The van der Waals surface area contributed by atoms with Gasteiger partial charge in [0.05, 0.1) is 26.2 Å². The molecule has 1 heterocycles. The second-order valence-corrected chi connectivity index (χ2v) is 7.72. The fourth-order valence-corrected chi connectivity index (χ4v) is 3.69. The summed E-state index contributed by atoms with van der Waals surface area (Å²) in [5.41, 5.74) is 2.89. The van der Waals surface area contributed by atoms with Crippen molar-refractivity contribution in [1.82, 2.24) is 10.6 Å². The Morgan fingerprint density at radius 2 is 1.57 bits per heavy atom. The third-order valence-electron chi connectivity index (χ3n) is 5.36. The summed E-state index contributed by atoms with van der Waals surface area (Å²) < 4.78 is 5.36. The van der Waals surface area contributed by atoms with Gasteiger partial charge in [0.1, 0.15) is 12.3 Å². The highest BCUT2D eigenvalue weighted by atomic mass is 16.5. The maximum absolute atomic E-state index is 12.2. The van der Waals surface area contributed by atoms with Crippen LogP contribution in [0.25, 0.3) is 0 Å². The normalized spacial score (nSPS) is 14.2. The lowest BCUT2D eigenvalue weighted by atomic mass is 10.1. The number of ether oxygens (including phenoxy) is 1. The molecule has 1 aliphatic rings. The van der Waals surface area contributed by atoms with Gasteiger partial charge in [-0.15, -0.1) is 0 Å². The third-order valence-corrected chi connectivity index (χ3v) is 5.36. The smallest absolute Gasteiger partial charge is 0.251 e. The largest absolute Gasteiger partial charge is 0.494 e. The van der Waals surface area contributed by atoms with Gasteiger partial charge in [0, 0.05) is 17.7 Å². The van der Waals surface area contributed by atoms with E-state index in [0.29, 0.717) is 18.7 Å². The van der Waals surface area contributed by atoms with Crippen molar-refractivity contribution in [1.29, 1.82) is 0 Å². The van der Waals surface area contributed by atoms with Gasteiger partial charge >= 0.3 is 0 Å². The summed E-state index contributed by atoms with van der Waals surface area (Å²) in [6, 6.07) is 15.3. The Bertz CT molecular complexity index is 813. The predicted octanol–water partition coefficient (Wildman–Crippen LogP) is 1.70. The highest BCUT2D eigenvalue weighted by Gasteiger charge is 2.13. The summed E-state index contributed by atoms with van der Waals surface area (Å²) in [6.07, 6.45) is 4.02. The molecular weight excluding hydrogens is 378 g/mol. The molecule has 0 aliphatic carbocycles. The van der Waals surface area contributed by atoms with Crippen molar-refractivity contribution < 1.29 is 19.2 Å². The van der Waals surface area contributed by atoms with E-state index in [1.165, 1.54) is 37.9 Å². The molecule has 1 aliphatic heterocycles.